The van der Waals surface area contributed by atoms with Crippen LogP contribution in [0.3, 0.4) is 0 Å². The van der Waals surface area contributed by atoms with Crippen LogP contribution in [0.4, 0.5) is 4.39 Å². The Morgan fingerprint density at radius 2 is 1.98 bits per heavy atom. The molecule has 3 aliphatic heterocycles. The van der Waals surface area contributed by atoms with Crippen LogP contribution in [-0.2, 0) is 27.1 Å². The van der Waals surface area contributed by atoms with Crippen LogP contribution in [0.5, 0.6) is 11.8 Å². The monoisotopic (exact) mass is 574 g/mol. The van der Waals surface area contributed by atoms with E-state index >= 15 is 4.39 Å². The Bertz CT molecular complexity index is 1380. The topological polar surface area (TPSA) is 111 Å². The van der Waals surface area contributed by atoms with Gasteiger partial charge in [-0.2, -0.15) is 4.98 Å². The fourth-order valence-corrected chi connectivity index (χ4v) is 6.47. The lowest BCUT2D eigenvalue weighted by Crippen LogP contribution is -2.38. The molecule has 2 N–H and O–H groups in total. The molecule has 5 heterocycles. The number of fused-ring (bicyclic) bond motifs is 3. The highest BCUT2D eigenvalue weighted by atomic mass is 35.5. The number of hydrogen-bond acceptors (Lipinski definition) is 9. The second kappa shape index (κ2) is 11.0. The summed E-state index contributed by atoms with van der Waals surface area (Å²) in [4.78, 5) is 14.6. The molecule has 3 saturated heterocycles. The lowest BCUT2D eigenvalue weighted by Gasteiger charge is -2.26. The first kappa shape index (κ1) is 26.4. The highest BCUT2D eigenvalue weighted by Gasteiger charge is 2.48. The molecule has 3 aromatic rings. The minimum atomic E-state index is -0.651. The van der Waals surface area contributed by atoms with Crippen LogP contribution in [0.15, 0.2) is 18.2 Å². The molecule has 10 nitrogen and oxygen atoms in total. The molecule has 7 rings (SSSR count). The number of aliphatic hydroxyl groups is 1. The summed E-state index contributed by atoms with van der Waals surface area (Å²) >= 11 is 6.62. The minimum Gasteiger partial charge on any atom is -0.492 e. The molecule has 40 heavy (non-hydrogen) atoms. The average Bonchev–Trinajstić information content (AvgIpc) is 3.71. The number of ether oxygens (including phenoxy) is 5. The average molecular weight is 575 g/mol. The number of hydrogen-bond donors (Lipinski definition) is 2. The van der Waals surface area contributed by atoms with Crippen LogP contribution in [-0.4, -0.2) is 102 Å². The molecule has 12 heteroatoms. The van der Waals surface area contributed by atoms with Crippen LogP contribution in [0, 0.1) is 5.82 Å². The molecule has 1 unspecified atom stereocenters. The molecular weight excluding hydrogens is 543 g/mol. The van der Waals surface area contributed by atoms with Crippen molar-refractivity contribution in [1.29, 1.82) is 0 Å². The van der Waals surface area contributed by atoms with Crippen LogP contribution in [0.2, 0.25) is 5.02 Å². The highest BCUT2D eigenvalue weighted by Crippen LogP contribution is 2.40. The zero-order valence-corrected chi connectivity index (χ0v) is 22.7. The number of halogens is 2. The van der Waals surface area contributed by atoms with Gasteiger partial charge in [0.1, 0.15) is 36.5 Å². The lowest BCUT2D eigenvalue weighted by atomic mass is 9.95. The molecule has 0 radical (unpaired) electrons. The number of aromatic amines is 1. The fraction of sp³-hybridized carbons (Fsp3) is 0.571. The van der Waals surface area contributed by atoms with Crippen LogP contribution in [0.25, 0.3) is 11.2 Å². The first-order valence-corrected chi connectivity index (χ1v) is 14.3. The van der Waals surface area contributed by atoms with Gasteiger partial charge in [-0.3, -0.25) is 4.90 Å². The van der Waals surface area contributed by atoms with Crippen molar-refractivity contribution in [3.8, 4) is 11.8 Å². The van der Waals surface area contributed by atoms with Gasteiger partial charge in [-0.15, -0.1) is 0 Å². The molecule has 214 valence electrons. The number of aryl methyl sites for hydroxylation is 1. The smallest absolute Gasteiger partial charge is 0.296 e. The Kier molecular flexibility index (Phi) is 7.27. The number of morpholine rings is 1. The summed E-state index contributed by atoms with van der Waals surface area (Å²) in [6.45, 7) is 5.12. The summed E-state index contributed by atoms with van der Waals surface area (Å²) in [5.74, 6) is 0.293. The van der Waals surface area contributed by atoms with E-state index in [2.05, 4.69) is 14.9 Å². The maximum atomic E-state index is 15.3. The van der Waals surface area contributed by atoms with Crippen molar-refractivity contribution in [2.75, 3.05) is 52.7 Å². The van der Waals surface area contributed by atoms with E-state index in [9.17, 15) is 5.11 Å². The number of nitrogens with zero attached hydrogens (tertiary/aromatic N) is 3. The SMILES string of the molecule is O[C@@H]1CO[C@H]2[C@@H]1OC[C@H]2Oc1nc2nc(CC3CCc4cc(OCCN5CCOCC5)cc(F)c43)c(Cl)cc2[nH]1. The molecule has 2 aromatic heterocycles. The predicted molar refractivity (Wildman–Crippen MR) is 143 cm³/mol. The number of benzene rings is 1. The summed E-state index contributed by atoms with van der Waals surface area (Å²) in [6, 6.07) is 5.53. The first-order chi connectivity index (χ1) is 19.5. The van der Waals surface area contributed by atoms with Crippen LogP contribution in [0.1, 0.15) is 29.2 Å². The highest BCUT2D eigenvalue weighted by molar-refractivity contribution is 6.31. The maximum absolute atomic E-state index is 15.3. The number of imidazole rings is 1. The number of aliphatic hydroxyl groups excluding tert-OH is 1. The zero-order valence-electron chi connectivity index (χ0n) is 22.0. The standard InChI is InChI=1S/C28H32ClFN4O6/c29-18-12-21-27(33-28(32-21)40-23-14-39-25-22(35)13-38-26(23)25)31-20(18)10-16-2-1-15-9-17(11-19(30)24(15)16)37-8-5-34-3-6-36-7-4-34/h9,11-12,16,22-23,25-26,35H,1-8,10,13-14H2,(H,31,32,33)/t16?,22-,23-,25-,26-/m1/s1. The van der Waals surface area contributed by atoms with Crippen LogP contribution < -0.4 is 9.47 Å². The van der Waals surface area contributed by atoms with Crippen molar-refractivity contribution >= 4 is 22.8 Å². The van der Waals surface area contributed by atoms with E-state index in [1.54, 1.807) is 6.07 Å². The Morgan fingerprint density at radius 3 is 2.85 bits per heavy atom. The lowest BCUT2D eigenvalue weighted by molar-refractivity contribution is 0.00706. The molecule has 0 amide bonds. The van der Waals surface area contributed by atoms with E-state index in [4.69, 9.17) is 40.3 Å². The van der Waals surface area contributed by atoms with E-state index in [1.807, 2.05) is 6.07 Å². The van der Waals surface area contributed by atoms with E-state index in [0.717, 1.165) is 56.8 Å². The minimum absolute atomic E-state index is 0.0342. The second-order valence-electron chi connectivity index (χ2n) is 10.9. The molecule has 1 aromatic carbocycles. The largest absolute Gasteiger partial charge is 0.492 e. The van der Waals surface area contributed by atoms with Crippen molar-refractivity contribution in [3.05, 3.63) is 45.9 Å². The van der Waals surface area contributed by atoms with Gasteiger partial charge in [0.25, 0.3) is 6.01 Å². The summed E-state index contributed by atoms with van der Waals surface area (Å²) in [6.07, 6.45) is 0.325. The van der Waals surface area contributed by atoms with Crippen molar-refractivity contribution < 1.29 is 33.2 Å². The second-order valence-corrected chi connectivity index (χ2v) is 11.3. The summed E-state index contributed by atoms with van der Waals surface area (Å²) in [7, 11) is 0. The van der Waals surface area contributed by atoms with Crippen molar-refractivity contribution in [2.45, 2.75) is 49.6 Å². The van der Waals surface area contributed by atoms with Gasteiger partial charge in [0.15, 0.2) is 11.8 Å². The molecule has 4 aliphatic rings. The number of pyridine rings is 1. The first-order valence-electron chi connectivity index (χ1n) is 13.9. The van der Waals surface area contributed by atoms with Crippen LogP contribution >= 0.6 is 11.6 Å². The van der Waals surface area contributed by atoms with Gasteiger partial charge >= 0.3 is 0 Å². The molecular formula is C28H32ClFN4O6. The number of aromatic nitrogens is 3. The third-order valence-corrected chi connectivity index (χ3v) is 8.63. The van der Waals surface area contributed by atoms with E-state index in [0.29, 0.717) is 47.3 Å². The van der Waals surface area contributed by atoms with Crippen molar-refractivity contribution in [1.82, 2.24) is 19.9 Å². The molecule has 1 aliphatic carbocycles. The Balaban J connectivity index is 1.02. The van der Waals surface area contributed by atoms with Gasteiger partial charge in [0, 0.05) is 25.7 Å². The zero-order chi connectivity index (χ0) is 27.2. The third-order valence-electron chi connectivity index (χ3n) is 8.30. The van der Waals surface area contributed by atoms with Gasteiger partial charge < -0.3 is 33.8 Å². The molecule has 0 bridgehead atoms. The van der Waals surface area contributed by atoms with E-state index in [1.165, 1.54) is 6.07 Å². The Morgan fingerprint density at radius 1 is 1.12 bits per heavy atom. The quantitative estimate of drug-likeness (QED) is 0.419. The fourth-order valence-electron chi connectivity index (χ4n) is 6.24. The van der Waals surface area contributed by atoms with Gasteiger partial charge in [-0.25, -0.2) is 9.37 Å². The van der Waals surface area contributed by atoms with E-state index < -0.39 is 6.10 Å². The van der Waals surface area contributed by atoms with Gasteiger partial charge in [0.05, 0.1) is 42.7 Å². The summed E-state index contributed by atoms with van der Waals surface area (Å²) in [5.41, 5.74) is 3.49. The van der Waals surface area contributed by atoms with Gasteiger partial charge in [0.2, 0.25) is 0 Å². The molecule has 0 saturated carbocycles. The number of rotatable bonds is 8. The molecule has 0 spiro atoms. The van der Waals surface area contributed by atoms with Crippen molar-refractivity contribution in [2.24, 2.45) is 0 Å². The Hall–Kier alpha value is -2.54. The summed E-state index contributed by atoms with van der Waals surface area (Å²) in [5, 5.41) is 10.5. The van der Waals surface area contributed by atoms with Gasteiger partial charge in [-0.05, 0) is 48.4 Å². The number of H-pyrrole nitrogens is 1. The number of nitrogens with one attached hydrogen (secondary N) is 1. The molecule has 5 atom stereocenters. The third kappa shape index (κ3) is 5.15. The van der Waals surface area contributed by atoms with E-state index in [-0.39, 0.29) is 42.7 Å². The predicted octanol–water partition coefficient (Wildman–Crippen LogP) is 2.64. The summed E-state index contributed by atoms with van der Waals surface area (Å²) < 4.78 is 43.9. The van der Waals surface area contributed by atoms with Crippen molar-refractivity contribution in [3.63, 3.8) is 0 Å². The molecule has 3 fully saturated rings. The Labute approximate surface area is 235 Å². The van der Waals surface area contributed by atoms with Gasteiger partial charge in [-0.1, -0.05) is 11.6 Å². The normalized spacial score (nSPS) is 28.2. The maximum Gasteiger partial charge on any atom is 0.296 e.